The smallest absolute Gasteiger partial charge is 0.257 e. The van der Waals surface area contributed by atoms with Crippen molar-refractivity contribution in [2.75, 3.05) is 33.9 Å². The van der Waals surface area contributed by atoms with Crippen LogP contribution in [-0.2, 0) is 0 Å². The van der Waals surface area contributed by atoms with Crippen molar-refractivity contribution >= 4 is 29.9 Å². The highest BCUT2D eigenvalue weighted by Gasteiger charge is 2.31. The average Bonchev–Trinajstić information content (AvgIpc) is 2.67. The fourth-order valence-corrected chi connectivity index (χ4v) is 3.41. The Morgan fingerprint density at radius 1 is 1.22 bits per heavy atom. The van der Waals surface area contributed by atoms with E-state index in [0.717, 1.165) is 5.56 Å². The number of ether oxygens (including phenoxy) is 2. The molecule has 1 aliphatic rings. The number of amides is 1. The van der Waals surface area contributed by atoms with E-state index in [2.05, 4.69) is 5.32 Å². The molecule has 2 aromatic carbocycles. The van der Waals surface area contributed by atoms with Crippen LogP contribution in [0, 0.1) is 5.82 Å². The van der Waals surface area contributed by atoms with Crippen LogP contribution in [-0.4, -0.2) is 44.7 Å². The molecule has 1 fully saturated rings. The number of nitrogens with zero attached hydrogens (tertiary/aromatic N) is 1. The number of piperazine rings is 1. The van der Waals surface area contributed by atoms with Gasteiger partial charge in [0.05, 0.1) is 25.8 Å². The molecule has 1 aliphatic heterocycles. The van der Waals surface area contributed by atoms with Gasteiger partial charge >= 0.3 is 0 Å². The Kier molecular flexibility index (Phi) is 7.30. The van der Waals surface area contributed by atoms with Crippen molar-refractivity contribution in [1.82, 2.24) is 10.2 Å². The lowest BCUT2D eigenvalue weighted by Crippen LogP contribution is -2.49. The van der Waals surface area contributed by atoms with Crippen molar-refractivity contribution in [3.05, 3.63) is 58.4 Å². The topological polar surface area (TPSA) is 50.8 Å². The van der Waals surface area contributed by atoms with Crippen molar-refractivity contribution in [1.29, 1.82) is 0 Å². The van der Waals surface area contributed by atoms with Gasteiger partial charge in [-0.2, -0.15) is 0 Å². The lowest BCUT2D eigenvalue weighted by molar-refractivity contribution is 0.0629. The minimum atomic E-state index is -0.649. The number of nitrogens with one attached hydrogen (secondary N) is 1. The van der Waals surface area contributed by atoms with Crippen LogP contribution in [0.3, 0.4) is 0 Å². The third-order valence-electron chi connectivity index (χ3n) is 4.47. The van der Waals surface area contributed by atoms with Gasteiger partial charge in [-0.15, -0.1) is 12.4 Å². The summed E-state index contributed by atoms with van der Waals surface area (Å²) in [5, 5.41) is 3.84. The number of halogens is 3. The molecule has 0 spiro atoms. The Labute approximate surface area is 168 Å². The van der Waals surface area contributed by atoms with Crippen LogP contribution >= 0.6 is 24.0 Å². The summed E-state index contributed by atoms with van der Waals surface area (Å²) in [5.41, 5.74) is 0.775. The zero-order valence-electron chi connectivity index (χ0n) is 15.0. The van der Waals surface area contributed by atoms with Crippen LogP contribution in [0.25, 0.3) is 0 Å². The number of benzene rings is 2. The van der Waals surface area contributed by atoms with Gasteiger partial charge in [-0.25, -0.2) is 4.39 Å². The number of carbonyl (C=O) groups is 1. The van der Waals surface area contributed by atoms with Gasteiger partial charge in [0.2, 0.25) is 0 Å². The second kappa shape index (κ2) is 9.26. The molecular formula is C19H21Cl2FN2O3. The van der Waals surface area contributed by atoms with Gasteiger partial charge in [0, 0.05) is 30.7 Å². The van der Waals surface area contributed by atoms with Crippen LogP contribution < -0.4 is 14.8 Å². The third kappa shape index (κ3) is 4.29. The summed E-state index contributed by atoms with van der Waals surface area (Å²) in [5.74, 6) is -0.509. The molecule has 1 amide bonds. The first kappa shape index (κ1) is 21.3. The summed E-state index contributed by atoms with van der Waals surface area (Å²) in [6, 6.07) is 9.63. The Balaban J connectivity index is 0.00000261. The van der Waals surface area contributed by atoms with Crippen LogP contribution in [0.15, 0.2) is 36.4 Å². The molecule has 2 aromatic rings. The molecule has 1 saturated heterocycles. The van der Waals surface area contributed by atoms with E-state index >= 15 is 0 Å². The maximum absolute atomic E-state index is 14.5. The fraction of sp³-hybridized carbons (Fsp3) is 0.316. The summed E-state index contributed by atoms with van der Waals surface area (Å²) in [7, 11) is 2.86. The Morgan fingerprint density at radius 2 is 1.89 bits per heavy atom. The molecule has 0 bridgehead atoms. The Morgan fingerprint density at radius 3 is 2.56 bits per heavy atom. The van der Waals surface area contributed by atoms with Gasteiger partial charge in [-0.1, -0.05) is 29.8 Å². The van der Waals surface area contributed by atoms with Crippen molar-refractivity contribution in [2.45, 2.75) is 6.04 Å². The molecule has 146 valence electrons. The molecule has 1 heterocycles. The minimum absolute atomic E-state index is 0. The van der Waals surface area contributed by atoms with E-state index < -0.39 is 11.7 Å². The molecule has 1 N–H and O–H groups in total. The summed E-state index contributed by atoms with van der Waals surface area (Å²) in [6.45, 7) is 1.62. The van der Waals surface area contributed by atoms with Gasteiger partial charge in [0.1, 0.15) is 5.82 Å². The number of methoxy groups -OCH3 is 2. The lowest BCUT2D eigenvalue weighted by atomic mass is 10.0. The molecule has 27 heavy (non-hydrogen) atoms. The highest BCUT2D eigenvalue weighted by molar-refractivity contribution is 6.31. The van der Waals surface area contributed by atoms with E-state index in [1.54, 1.807) is 11.0 Å². The number of carbonyl (C=O) groups excluding carboxylic acids is 1. The average molecular weight is 415 g/mol. The zero-order chi connectivity index (χ0) is 18.7. The first-order valence-corrected chi connectivity index (χ1v) is 8.62. The predicted octanol–water partition coefficient (Wildman–Crippen LogP) is 3.70. The largest absolute Gasteiger partial charge is 0.493 e. The van der Waals surface area contributed by atoms with Crippen molar-refractivity contribution in [3.63, 3.8) is 0 Å². The Hall–Kier alpha value is -2.02. The summed E-state index contributed by atoms with van der Waals surface area (Å²) in [4.78, 5) is 14.7. The molecule has 5 nitrogen and oxygen atoms in total. The van der Waals surface area contributed by atoms with Crippen LogP contribution in [0.4, 0.5) is 4.39 Å². The normalized spacial score (nSPS) is 16.4. The van der Waals surface area contributed by atoms with Gasteiger partial charge in [-0.05, 0) is 17.7 Å². The second-order valence-corrected chi connectivity index (χ2v) is 6.33. The molecule has 1 unspecified atom stereocenters. The van der Waals surface area contributed by atoms with E-state index in [9.17, 15) is 9.18 Å². The fourth-order valence-electron chi connectivity index (χ4n) is 3.14. The quantitative estimate of drug-likeness (QED) is 0.828. The van der Waals surface area contributed by atoms with E-state index in [1.807, 2.05) is 18.2 Å². The predicted molar refractivity (Wildman–Crippen MR) is 105 cm³/mol. The Bertz CT molecular complexity index is 820. The maximum atomic E-state index is 14.5. The standard InChI is InChI=1S/C19H20ClFN2O3.ClH/c1-25-17-9-13(15(21)10-18(17)26-2)19(24)23-8-7-22-11-16(23)12-5-3-4-6-14(12)20;/h3-6,9-10,16,22H,7-8,11H2,1-2H3;1H. The highest BCUT2D eigenvalue weighted by atomic mass is 35.5. The van der Waals surface area contributed by atoms with E-state index in [0.29, 0.717) is 30.4 Å². The second-order valence-electron chi connectivity index (χ2n) is 5.93. The van der Waals surface area contributed by atoms with Crippen molar-refractivity contribution in [2.24, 2.45) is 0 Å². The minimum Gasteiger partial charge on any atom is -0.493 e. The number of hydrogen-bond acceptors (Lipinski definition) is 4. The molecule has 0 saturated carbocycles. The van der Waals surface area contributed by atoms with Crippen molar-refractivity contribution < 1.29 is 18.7 Å². The van der Waals surface area contributed by atoms with Gasteiger partial charge < -0.3 is 19.7 Å². The van der Waals surface area contributed by atoms with Crippen LogP contribution in [0.1, 0.15) is 22.0 Å². The van der Waals surface area contributed by atoms with Gasteiger partial charge in [0.15, 0.2) is 11.5 Å². The maximum Gasteiger partial charge on any atom is 0.257 e. The highest BCUT2D eigenvalue weighted by Crippen LogP contribution is 2.33. The molecule has 8 heteroatoms. The van der Waals surface area contributed by atoms with E-state index in [4.69, 9.17) is 21.1 Å². The van der Waals surface area contributed by atoms with Gasteiger partial charge in [0.25, 0.3) is 5.91 Å². The molecule has 0 aromatic heterocycles. The summed E-state index contributed by atoms with van der Waals surface area (Å²) in [6.07, 6.45) is 0. The monoisotopic (exact) mass is 414 g/mol. The van der Waals surface area contributed by atoms with E-state index in [1.165, 1.54) is 26.4 Å². The van der Waals surface area contributed by atoms with Gasteiger partial charge in [-0.3, -0.25) is 4.79 Å². The van der Waals surface area contributed by atoms with Crippen LogP contribution in [0.2, 0.25) is 5.02 Å². The third-order valence-corrected chi connectivity index (χ3v) is 4.82. The van der Waals surface area contributed by atoms with E-state index in [-0.39, 0.29) is 29.8 Å². The summed E-state index contributed by atoms with van der Waals surface area (Å²) >= 11 is 6.32. The lowest BCUT2D eigenvalue weighted by Gasteiger charge is -2.37. The zero-order valence-corrected chi connectivity index (χ0v) is 16.6. The molecular weight excluding hydrogens is 394 g/mol. The first-order valence-electron chi connectivity index (χ1n) is 8.24. The number of rotatable bonds is 4. The van der Waals surface area contributed by atoms with Crippen molar-refractivity contribution in [3.8, 4) is 11.5 Å². The SMILES string of the molecule is COc1cc(F)c(C(=O)N2CCNCC2c2ccccc2Cl)cc1OC.Cl. The summed E-state index contributed by atoms with van der Waals surface area (Å²) < 4.78 is 24.8. The first-order chi connectivity index (χ1) is 12.6. The van der Waals surface area contributed by atoms with Crippen LogP contribution in [0.5, 0.6) is 11.5 Å². The molecule has 1 atom stereocenters. The molecule has 0 aliphatic carbocycles. The molecule has 0 radical (unpaired) electrons. The molecule has 3 rings (SSSR count). The number of hydrogen-bond donors (Lipinski definition) is 1.